The fourth-order valence-corrected chi connectivity index (χ4v) is 1.69. The van der Waals surface area contributed by atoms with Crippen molar-refractivity contribution in [1.82, 2.24) is 0 Å². The minimum Gasteiger partial charge on any atom is -0.258 e. The Balaban J connectivity index is 2.72. The van der Waals surface area contributed by atoms with E-state index in [-0.39, 0.29) is 0 Å². The van der Waals surface area contributed by atoms with E-state index in [1.54, 1.807) is 0 Å². The highest BCUT2D eigenvalue weighted by atomic mass is 35.5. The molecule has 92 valence electrons. The highest BCUT2D eigenvalue weighted by molar-refractivity contribution is 6.32. The predicted octanol–water partition coefficient (Wildman–Crippen LogP) is 3.38. The van der Waals surface area contributed by atoms with Gasteiger partial charge in [0.25, 0.3) is 5.69 Å². The monoisotopic (exact) mass is 271 g/mol. The van der Waals surface area contributed by atoms with Crippen LogP contribution in [0.5, 0.6) is 0 Å². The van der Waals surface area contributed by atoms with Gasteiger partial charge in [0.15, 0.2) is 0 Å². The molecule has 4 nitrogen and oxygen atoms in total. The second-order valence-electron chi connectivity index (χ2n) is 3.24. The lowest BCUT2D eigenvalue weighted by Crippen LogP contribution is -2.17. The fraction of sp³-hybridized carbons (Fsp3) is 0.250. The number of nitrogens with zero attached hydrogens (tertiary/aromatic N) is 1. The van der Waals surface area contributed by atoms with Crippen molar-refractivity contribution in [2.45, 2.75) is 12.2 Å². The molecule has 1 aromatic rings. The zero-order valence-corrected chi connectivity index (χ0v) is 8.47. The Kier molecular flexibility index (Phi) is 2.34. The molecule has 0 aliphatic carbocycles. The van der Waals surface area contributed by atoms with Crippen molar-refractivity contribution in [3.05, 3.63) is 38.4 Å². The average molecular weight is 272 g/mol. The number of ether oxygens (including phenoxy) is 1. The minimum atomic E-state index is -4.28. The number of nitro groups is 1. The average Bonchev–Trinajstić information content (AvgIpc) is 2.30. The van der Waals surface area contributed by atoms with Crippen molar-refractivity contribution in [3.8, 4) is 0 Å². The van der Waals surface area contributed by atoms with Crippen LogP contribution in [0.1, 0.15) is 11.1 Å². The SMILES string of the molecule is O=[N+]([O-])c1cc2c(cc1Cl)C(F)(F)OC2(F)F. The molecule has 9 heteroatoms. The summed E-state index contributed by atoms with van der Waals surface area (Å²) in [5, 5.41) is 9.78. The molecular weight excluding hydrogens is 270 g/mol. The lowest BCUT2D eigenvalue weighted by molar-refractivity contribution is -0.385. The standard InChI is InChI=1S/C8H2ClF4NO3/c9-5-1-3-4(2-6(5)14(15)16)8(12,13)17-7(3,10)11/h1-2H. The summed E-state index contributed by atoms with van der Waals surface area (Å²) in [6, 6.07) is 0.703. The third kappa shape index (κ3) is 1.73. The maximum absolute atomic E-state index is 13.0. The van der Waals surface area contributed by atoms with Crippen LogP contribution in [0.4, 0.5) is 23.2 Å². The summed E-state index contributed by atoms with van der Waals surface area (Å²) < 4.78 is 55.4. The van der Waals surface area contributed by atoms with Crippen molar-refractivity contribution < 1.29 is 27.2 Å². The van der Waals surface area contributed by atoms with E-state index >= 15 is 0 Å². The van der Waals surface area contributed by atoms with Crippen LogP contribution in [-0.4, -0.2) is 4.92 Å². The minimum absolute atomic E-state index is 0.290. The molecule has 1 aromatic carbocycles. The summed E-state index contributed by atoms with van der Waals surface area (Å²) in [4.78, 5) is 9.40. The number of nitro benzene ring substituents is 1. The third-order valence-electron chi connectivity index (χ3n) is 2.17. The summed E-state index contributed by atoms with van der Waals surface area (Å²) in [6.07, 6.45) is -8.51. The molecule has 0 saturated carbocycles. The van der Waals surface area contributed by atoms with Gasteiger partial charge in [0.05, 0.1) is 16.1 Å². The first-order valence-electron chi connectivity index (χ1n) is 4.10. The Morgan fingerprint density at radius 1 is 1.18 bits per heavy atom. The van der Waals surface area contributed by atoms with Gasteiger partial charge in [-0.25, -0.2) is 4.74 Å². The van der Waals surface area contributed by atoms with Crippen LogP contribution in [0.3, 0.4) is 0 Å². The van der Waals surface area contributed by atoms with E-state index in [1.165, 1.54) is 0 Å². The van der Waals surface area contributed by atoms with Crippen molar-refractivity contribution in [3.63, 3.8) is 0 Å². The topological polar surface area (TPSA) is 52.4 Å². The molecule has 0 atom stereocenters. The summed E-state index contributed by atoms with van der Waals surface area (Å²) >= 11 is 5.35. The van der Waals surface area contributed by atoms with E-state index < -0.39 is 39.0 Å². The van der Waals surface area contributed by atoms with Crippen molar-refractivity contribution in [2.75, 3.05) is 0 Å². The van der Waals surface area contributed by atoms with Crippen molar-refractivity contribution in [1.29, 1.82) is 0 Å². The van der Waals surface area contributed by atoms with Crippen LogP contribution >= 0.6 is 11.6 Å². The van der Waals surface area contributed by atoms with Crippen LogP contribution in [0.2, 0.25) is 5.02 Å². The number of halogens is 5. The van der Waals surface area contributed by atoms with Gasteiger partial charge in [0.1, 0.15) is 5.02 Å². The first-order valence-corrected chi connectivity index (χ1v) is 4.47. The fourth-order valence-electron chi connectivity index (χ4n) is 1.45. The molecule has 1 aliphatic heterocycles. The smallest absolute Gasteiger partial charge is 0.258 e. The summed E-state index contributed by atoms with van der Waals surface area (Å²) in [7, 11) is 0. The molecule has 0 spiro atoms. The number of hydrogen-bond acceptors (Lipinski definition) is 3. The van der Waals surface area contributed by atoms with Crippen LogP contribution in [-0.2, 0) is 17.0 Å². The maximum atomic E-state index is 13.0. The third-order valence-corrected chi connectivity index (χ3v) is 2.47. The first kappa shape index (κ1) is 12.1. The van der Waals surface area contributed by atoms with Gasteiger partial charge >= 0.3 is 12.2 Å². The highest BCUT2D eigenvalue weighted by Crippen LogP contribution is 2.52. The van der Waals surface area contributed by atoms with Crippen LogP contribution in [0.15, 0.2) is 12.1 Å². The molecule has 1 aliphatic rings. The number of benzene rings is 1. The van der Waals surface area contributed by atoms with Gasteiger partial charge in [-0.1, -0.05) is 11.6 Å². The second-order valence-corrected chi connectivity index (χ2v) is 3.65. The lowest BCUT2D eigenvalue weighted by atomic mass is 10.1. The Bertz CT molecular complexity index is 520. The van der Waals surface area contributed by atoms with Crippen molar-refractivity contribution in [2.24, 2.45) is 0 Å². The second kappa shape index (κ2) is 3.30. The Labute approximate surface area is 95.9 Å². The molecule has 2 rings (SSSR count). The maximum Gasteiger partial charge on any atom is 0.388 e. The molecule has 0 amide bonds. The van der Waals surface area contributed by atoms with Gasteiger partial charge in [-0.3, -0.25) is 10.1 Å². The van der Waals surface area contributed by atoms with Crippen LogP contribution in [0.25, 0.3) is 0 Å². The summed E-state index contributed by atoms with van der Waals surface area (Å²) in [5.74, 6) is 0. The van der Waals surface area contributed by atoms with Crippen LogP contribution < -0.4 is 0 Å². The molecule has 0 fully saturated rings. The highest BCUT2D eigenvalue weighted by Gasteiger charge is 2.58. The zero-order chi connectivity index (χ0) is 13.0. The molecule has 0 unspecified atom stereocenters. The Hall–Kier alpha value is -1.41. The zero-order valence-electron chi connectivity index (χ0n) is 7.72. The summed E-state index contributed by atoms with van der Waals surface area (Å²) in [5.41, 5.74) is -3.30. The van der Waals surface area contributed by atoms with Gasteiger partial charge in [0, 0.05) is 6.07 Å². The molecule has 17 heavy (non-hydrogen) atoms. The van der Waals surface area contributed by atoms with E-state index in [4.69, 9.17) is 11.6 Å². The molecule has 1 heterocycles. The Morgan fingerprint density at radius 3 is 2.12 bits per heavy atom. The number of rotatable bonds is 1. The summed E-state index contributed by atoms with van der Waals surface area (Å²) in [6.45, 7) is 0. The Morgan fingerprint density at radius 2 is 1.65 bits per heavy atom. The normalized spacial score (nSPS) is 20.1. The van der Waals surface area contributed by atoms with Gasteiger partial charge < -0.3 is 0 Å². The quantitative estimate of drug-likeness (QED) is 0.447. The lowest BCUT2D eigenvalue weighted by Gasteiger charge is -2.10. The van der Waals surface area contributed by atoms with E-state index in [1.807, 2.05) is 0 Å². The van der Waals surface area contributed by atoms with Gasteiger partial charge in [-0.05, 0) is 6.07 Å². The van der Waals surface area contributed by atoms with E-state index in [0.717, 1.165) is 0 Å². The molecular formula is C8H2ClF4NO3. The molecule has 0 aromatic heterocycles. The molecule has 0 saturated heterocycles. The van der Waals surface area contributed by atoms with E-state index in [2.05, 4.69) is 4.74 Å². The number of hydrogen-bond donors (Lipinski definition) is 0. The van der Waals surface area contributed by atoms with E-state index in [9.17, 15) is 27.7 Å². The molecule has 0 bridgehead atoms. The van der Waals surface area contributed by atoms with Gasteiger partial charge in [0.2, 0.25) is 0 Å². The molecule has 0 radical (unpaired) electrons. The predicted molar refractivity (Wildman–Crippen MR) is 47.0 cm³/mol. The largest absolute Gasteiger partial charge is 0.388 e. The van der Waals surface area contributed by atoms with E-state index in [0.29, 0.717) is 12.1 Å². The van der Waals surface area contributed by atoms with Crippen molar-refractivity contribution >= 4 is 17.3 Å². The number of alkyl halides is 4. The number of fused-ring (bicyclic) bond motifs is 1. The first-order chi connectivity index (χ1) is 7.65. The van der Waals surface area contributed by atoms with Gasteiger partial charge in [-0.2, -0.15) is 17.6 Å². The molecule has 0 N–H and O–H groups in total. The van der Waals surface area contributed by atoms with Gasteiger partial charge in [-0.15, -0.1) is 0 Å². The van der Waals surface area contributed by atoms with Crippen LogP contribution in [0, 0.1) is 10.1 Å².